The van der Waals surface area contributed by atoms with Gasteiger partial charge in [0.15, 0.2) is 0 Å². The fourth-order valence-electron chi connectivity index (χ4n) is 3.81. The summed E-state index contributed by atoms with van der Waals surface area (Å²) in [5, 5.41) is 0. The van der Waals surface area contributed by atoms with Crippen molar-refractivity contribution in [2.75, 3.05) is 13.7 Å². The van der Waals surface area contributed by atoms with Crippen LogP contribution in [-0.4, -0.2) is 46.9 Å². The number of methoxy groups -OCH3 is 1. The molecule has 2 aromatic rings. The molecule has 4 rings (SSSR count). The van der Waals surface area contributed by atoms with Gasteiger partial charge in [-0.05, 0) is 50.8 Å². The number of hydrogen-bond donors (Lipinski definition) is 1. The Morgan fingerprint density at radius 1 is 1.21 bits per heavy atom. The van der Waals surface area contributed by atoms with E-state index in [1.807, 2.05) is 24.3 Å². The molecule has 1 unspecified atom stereocenters. The van der Waals surface area contributed by atoms with Gasteiger partial charge in [-0.1, -0.05) is 18.2 Å². The minimum atomic E-state index is -4.28. The van der Waals surface area contributed by atoms with E-state index in [-0.39, 0.29) is 37.2 Å². The molecule has 2 aliphatic carbocycles. The third kappa shape index (κ3) is 4.59. The molecule has 0 aromatic carbocycles. The van der Waals surface area contributed by atoms with Gasteiger partial charge in [-0.15, -0.1) is 0 Å². The van der Waals surface area contributed by atoms with Crippen LogP contribution < -0.4 is 0 Å². The van der Waals surface area contributed by atoms with E-state index >= 15 is 0 Å². The van der Waals surface area contributed by atoms with Gasteiger partial charge in [-0.2, -0.15) is 13.2 Å². The maximum Gasteiger partial charge on any atom is 0.399 e. The van der Waals surface area contributed by atoms with Crippen LogP contribution in [-0.2, 0) is 19.7 Å². The number of nitrogens with zero attached hydrogens (tertiary/aromatic N) is 2. The quantitative estimate of drug-likeness (QED) is 0.588. The molecule has 176 valence electrons. The van der Waals surface area contributed by atoms with Crippen molar-refractivity contribution in [3.05, 3.63) is 54.1 Å². The molecule has 0 bridgehead atoms. The van der Waals surface area contributed by atoms with Crippen LogP contribution in [0.4, 0.5) is 13.2 Å². The van der Waals surface area contributed by atoms with E-state index < -0.39 is 17.0 Å². The van der Waals surface area contributed by atoms with Gasteiger partial charge in [-0.25, -0.2) is 4.98 Å². The molecule has 0 amide bonds. The monoisotopic (exact) mass is 461 g/mol. The van der Waals surface area contributed by atoms with E-state index in [1.165, 1.54) is 13.3 Å². The zero-order chi connectivity index (χ0) is 23.9. The third-order valence-electron chi connectivity index (χ3n) is 6.17. The number of hydrogen-bond acceptors (Lipinski definition) is 5. The molecule has 2 aliphatic rings. The minimum absolute atomic E-state index is 0.0840. The van der Waals surface area contributed by atoms with Crippen molar-refractivity contribution in [2.24, 2.45) is 5.41 Å². The number of ether oxygens (including phenoxy) is 2. The Bertz CT molecular complexity index is 1080. The molecule has 33 heavy (non-hydrogen) atoms. The van der Waals surface area contributed by atoms with E-state index in [0.29, 0.717) is 17.8 Å². The molecule has 1 N–H and O–H groups in total. The molecule has 9 heteroatoms. The van der Waals surface area contributed by atoms with Crippen molar-refractivity contribution < 1.29 is 27.4 Å². The molecule has 6 nitrogen and oxygen atoms in total. The van der Waals surface area contributed by atoms with Gasteiger partial charge >= 0.3 is 12.1 Å². The molecular formula is C24H26F3N3O3. The lowest BCUT2D eigenvalue weighted by molar-refractivity contribution is -0.161. The second-order valence-electron chi connectivity index (χ2n) is 9.14. The molecule has 0 radical (unpaired) electrons. The average Bonchev–Trinajstić information content (AvgIpc) is 3.49. The van der Waals surface area contributed by atoms with Crippen molar-refractivity contribution in [3.63, 3.8) is 0 Å². The molecule has 0 saturated heterocycles. The fraction of sp³-hybridized carbons (Fsp3) is 0.458. The fourth-order valence-corrected chi connectivity index (χ4v) is 3.81. The molecular weight excluding hydrogens is 435 g/mol. The topological polar surface area (TPSA) is 77.1 Å². The minimum Gasteiger partial charge on any atom is -0.469 e. The summed E-state index contributed by atoms with van der Waals surface area (Å²) in [7, 11) is 1.36. The summed E-state index contributed by atoms with van der Waals surface area (Å²) in [5.41, 5.74) is -0.127. The van der Waals surface area contributed by atoms with Crippen LogP contribution in [0.2, 0.25) is 0 Å². The first-order valence-corrected chi connectivity index (χ1v) is 10.7. The highest BCUT2D eigenvalue weighted by Gasteiger charge is 2.65. The molecule has 1 atom stereocenters. The van der Waals surface area contributed by atoms with Gasteiger partial charge in [0.05, 0.1) is 36.6 Å². The lowest BCUT2D eigenvalue weighted by atomic mass is 9.95. The number of aromatic amines is 1. The molecule has 1 fully saturated rings. The standard InChI is InChI=1S/C24H26F3N3O3/c1-22(2,21(31)32-3)14-33-17-7-4-15(5-8-17)18-9-6-16(12-28-18)20-29-13-19(30-20)23(10-11-23)24(25,26)27/h4-7,9,12-13,17H,8,10-11,14H2,1-3H3,(H,29,30). The first-order chi connectivity index (χ1) is 15.6. The highest BCUT2D eigenvalue weighted by atomic mass is 19.4. The number of alkyl halides is 3. The van der Waals surface area contributed by atoms with Crippen LogP contribution in [0.5, 0.6) is 0 Å². The summed E-state index contributed by atoms with van der Waals surface area (Å²) >= 11 is 0. The van der Waals surface area contributed by atoms with Gasteiger partial charge in [0.1, 0.15) is 11.2 Å². The Morgan fingerprint density at radius 3 is 2.52 bits per heavy atom. The highest BCUT2D eigenvalue weighted by molar-refractivity contribution is 5.76. The summed E-state index contributed by atoms with van der Waals surface area (Å²) < 4.78 is 50.6. The van der Waals surface area contributed by atoms with Crippen molar-refractivity contribution in [3.8, 4) is 11.4 Å². The van der Waals surface area contributed by atoms with Gasteiger partial charge in [0.2, 0.25) is 0 Å². The summed E-state index contributed by atoms with van der Waals surface area (Å²) in [6, 6.07) is 3.60. The number of nitrogens with one attached hydrogen (secondary N) is 1. The first kappa shape index (κ1) is 23.2. The Labute approximate surface area is 189 Å². The number of pyridine rings is 1. The summed E-state index contributed by atoms with van der Waals surface area (Å²) in [5.74, 6) is 0.0478. The number of H-pyrrole nitrogens is 1. The first-order valence-electron chi connectivity index (χ1n) is 10.7. The third-order valence-corrected chi connectivity index (χ3v) is 6.17. The Balaban J connectivity index is 1.38. The van der Waals surface area contributed by atoms with E-state index in [1.54, 1.807) is 26.1 Å². The number of allylic oxidation sites excluding steroid dienone is 2. The summed E-state index contributed by atoms with van der Waals surface area (Å²) in [4.78, 5) is 23.2. The number of rotatable bonds is 7. The Morgan fingerprint density at radius 2 is 1.97 bits per heavy atom. The van der Waals surface area contributed by atoms with Crippen LogP contribution in [0.1, 0.15) is 44.5 Å². The molecule has 0 aliphatic heterocycles. The number of esters is 1. The predicted molar refractivity (Wildman–Crippen MR) is 116 cm³/mol. The van der Waals surface area contributed by atoms with E-state index in [4.69, 9.17) is 9.47 Å². The zero-order valence-electron chi connectivity index (χ0n) is 18.7. The smallest absolute Gasteiger partial charge is 0.399 e. The van der Waals surface area contributed by atoms with Gasteiger partial charge in [0, 0.05) is 18.0 Å². The van der Waals surface area contributed by atoms with Crippen molar-refractivity contribution in [2.45, 2.75) is 50.8 Å². The normalized spacial score (nSPS) is 19.8. The maximum absolute atomic E-state index is 13.3. The number of carbonyl (C=O) groups is 1. The second-order valence-corrected chi connectivity index (χ2v) is 9.14. The van der Waals surface area contributed by atoms with Gasteiger partial charge in [0.25, 0.3) is 0 Å². The largest absolute Gasteiger partial charge is 0.469 e. The average molecular weight is 461 g/mol. The number of aromatic nitrogens is 3. The molecule has 2 heterocycles. The van der Waals surface area contributed by atoms with E-state index in [0.717, 1.165) is 11.3 Å². The van der Waals surface area contributed by atoms with E-state index in [9.17, 15) is 18.0 Å². The highest BCUT2D eigenvalue weighted by Crippen LogP contribution is 2.58. The lowest BCUT2D eigenvalue weighted by Gasteiger charge is -2.25. The Hall–Kier alpha value is -2.94. The SMILES string of the molecule is COC(=O)C(C)(C)COC1C=CC(c2ccc(-c3ncc(C4(C(F)(F)F)CC4)[nH]3)cn2)=CC1. The second kappa shape index (κ2) is 8.44. The predicted octanol–water partition coefficient (Wildman–Crippen LogP) is 4.99. The lowest BCUT2D eigenvalue weighted by Crippen LogP contribution is -2.32. The van der Waals surface area contributed by atoms with Gasteiger partial charge < -0.3 is 14.5 Å². The number of halogens is 3. The zero-order valence-corrected chi connectivity index (χ0v) is 18.7. The summed E-state index contributed by atoms with van der Waals surface area (Å²) in [6.07, 6.45) is 5.07. The molecule has 0 spiro atoms. The number of carbonyl (C=O) groups excluding carboxylic acids is 1. The number of imidazole rings is 1. The van der Waals surface area contributed by atoms with Crippen LogP contribution in [0.25, 0.3) is 17.0 Å². The van der Waals surface area contributed by atoms with Crippen LogP contribution in [0.15, 0.2) is 42.8 Å². The summed E-state index contributed by atoms with van der Waals surface area (Å²) in [6.45, 7) is 3.78. The van der Waals surface area contributed by atoms with E-state index in [2.05, 4.69) is 15.0 Å². The van der Waals surface area contributed by atoms with Crippen molar-refractivity contribution >= 4 is 11.5 Å². The van der Waals surface area contributed by atoms with Crippen LogP contribution in [0.3, 0.4) is 0 Å². The molecule has 1 saturated carbocycles. The maximum atomic E-state index is 13.3. The van der Waals surface area contributed by atoms with Crippen molar-refractivity contribution in [1.82, 2.24) is 15.0 Å². The van der Waals surface area contributed by atoms with Gasteiger partial charge in [-0.3, -0.25) is 9.78 Å². The Kier molecular flexibility index (Phi) is 5.94. The van der Waals surface area contributed by atoms with Crippen molar-refractivity contribution in [1.29, 1.82) is 0 Å². The molecule has 2 aromatic heterocycles. The van der Waals surface area contributed by atoms with Crippen LogP contribution >= 0.6 is 0 Å². The van der Waals surface area contributed by atoms with Crippen LogP contribution in [0, 0.1) is 5.41 Å².